The highest BCUT2D eigenvalue weighted by Crippen LogP contribution is 2.21. The Labute approximate surface area is 74.6 Å². The van der Waals surface area contributed by atoms with Crippen molar-refractivity contribution in [3.63, 3.8) is 0 Å². The van der Waals surface area contributed by atoms with Gasteiger partial charge < -0.3 is 0 Å². The van der Waals surface area contributed by atoms with Crippen molar-refractivity contribution < 1.29 is 12.6 Å². The van der Waals surface area contributed by atoms with E-state index in [0.717, 1.165) is 0 Å². The molecule has 0 heterocycles. The lowest BCUT2D eigenvalue weighted by Crippen LogP contribution is -2.32. The molecule has 0 amide bonds. The van der Waals surface area contributed by atoms with Crippen LogP contribution in [-0.2, 0) is 14.3 Å². The molecular formula is C8H16O3S. The summed E-state index contributed by atoms with van der Waals surface area (Å²) in [5.41, 5.74) is 0. The van der Waals surface area contributed by atoms with Gasteiger partial charge in [-0.1, -0.05) is 13.0 Å². The van der Waals surface area contributed by atoms with E-state index < -0.39 is 14.9 Å². The molecule has 0 N–H and O–H groups in total. The van der Waals surface area contributed by atoms with Gasteiger partial charge in [-0.3, -0.25) is 4.18 Å². The Kier molecular flexibility index (Phi) is 3.93. The van der Waals surface area contributed by atoms with Crippen LogP contribution in [-0.4, -0.2) is 19.8 Å². The van der Waals surface area contributed by atoms with Crippen LogP contribution in [0.15, 0.2) is 12.7 Å². The van der Waals surface area contributed by atoms with Gasteiger partial charge in [0.25, 0.3) is 10.1 Å². The zero-order valence-corrected chi connectivity index (χ0v) is 8.65. The molecule has 0 unspecified atom stereocenters. The van der Waals surface area contributed by atoms with E-state index in [9.17, 15) is 8.42 Å². The van der Waals surface area contributed by atoms with Crippen LogP contribution in [0.4, 0.5) is 0 Å². The van der Waals surface area contributed by atoms with Crippen LogP contribution in [0.5, 0.6) is 0 Å². The van der Waals surface area contributed by atoms with E-state index >= 15 is 0 Å². The van der Waals surface area contributed by atoms with Crippen LogP contribution < -0.4 is 0 Å². The quantitative estimate of drug-likeness (QED) is 0.492. The van der Waals surface area contributed by atoms with Gasteiger partial charge in [-0.25, -0.2) is 0 Å². The van der Waals surface area contributed by atoms with Crippen LogP contribution in [0.2, 0.25) is 0 Å². The van der Waals surface area contributed by atoms with Crippen molar-refractivity contribution in [2.45, 2.75) is 31.9 Å². The minimum Gasteiger partial charge on any atom is -0.266 e. The molecule has 0 bridgehead atoms. The average Bonchev–Trinajstić information content (AvgIpc) is 2.00. The first-order valence-electron chi connectivity index (χ1n) is 3.87. The normalized spacial score (nSPS) is 12.9. The van der Waals surface area contributed by atoms with Crippen LogP contribution >= 0.6 is 0 Å². The Bertz CT molecular complexity index is 239. The van der Waals surface area contributed by atoms with E-state index in [1.807, 2.05) is 6.92 Å². The Hall–Kier alpha value is -0.350. The molecule has 0 aromatic rings. The molecule has 72 valence electrons. The van der Waals surface area contributed by atoms with Gasteiger partial charge in [0.05, 0.1) is 11.4 Å². The Balaban J connectivity index is 4.50. The highest BCUT2D eigenvalue weighted by Gasteiger charge is 2.32. The predicted octanol–water partition coefficient (Wildman–Crippen LogP) is 1.71. The molecule has 0 aromatic carbocycles. The second kappa shape index (κ2) is 4.05. The van der Waals surface area contributed by atoms with Gasteiger partial charge in [0.15, 0.2) is 0 Å². The highest BCUT2D eigenvalue weighted by molar-refractivity contribution is 7.88. The Morgan fingerprint density at radius 1 is 1.50 bits per heavy atom. The summed E-state index contributed by atoms with van der Waals surface area (Å²) in [5, 5.41) is 0. The first kappa shape index (κ1) is 11.6. The SMILES string of the molecule is C=CCOS(=O)(=O)C(C)(C)CC. The van der Waals surface area contributed by atoms with Gasteiger partial charge in [0.2, 0.25) is 0 Å². The monoisotopic (exact) mass is 192 g/mol. The molecule has 0 rings (SSSR count). The summed E-state index contributed by atoms with van der Waals surface area (Å²) in [6.45, 7) is 8.53. The molecule has 0 saturated carbocycles. The van der Waals surface area contributed by atoms with Crippen molar-refractivity contribution >= 4 is 10.1 Å². The van der Waals surface area contributed by atoms with Crippen molar-refractivity contribution in [1.82, 2.24) is 0 Å². The standard InChI is InChI=1S/C8H16O3S/c1-5-7-11-12(9,10)8(3,4)6-2/h5H,1,6-7H2,2-4H3. The molecule has 0 atom stereocenters. The fraction of sp³-hybridized carbons (Fsp3) is 0.750. The number of hydrogen-bond acceptors (Lipinski definition) is 3. The third-order valence-electron chi connectivity index (χ3n) is 1.87. The van der Waals surface area contributed by atoms with Crippen LogP contribution in [0.25, 0.3) is 0 Å². The summed E-state index contributed by atoms with van der Waals surface area (Å²) >= 11 is 0. The Morgan fingerprint density at radius 2 is 2.00 bits per heavy atom. The van der Waals surface area contributed by atoms with Crippen molar-refractivity contribution in [1.29, 1.82) is 0 Å². The molecule has 0 aliphatic rings. The minimum atomic E-state index is -3.44. The lowest BCUT2D eigenvalue weighted by atomic mass is 10.1. The van der Waals surface area contributed by atoms with Crippen molar-refractivity contribution in [3.05, 3.63) is 12.7 Å². The third kappa shape index (κ3) is 2.60. The van der Waals surface area contributed by atoms with Gasteiger partial charge in [-0.15, -0.1) is 6.58 Å². The maximum absolute atomic E-state index is 11.4. The summed E-state index contributed by atoms with van der Waals surface area (Å²) < 4.78 is 26.6. The predicted molar refractivity (Wildman–Crippen MR) is 49.4 cm³/mol. The maximum Gasteiger partial charge on any atom is 0.272 e. The molecule has 0 spiro atoms. The molecular weight excluding hydrogens is 176 g/mol. The van der Waals surface area contributed by atoms with Crippen LogP contribution in [0, 0.1) is 0 Å². The van der Waals surface area contributed by atoms with E-state index in [4.69, 9.17) is 0 Å². The van der Waals surface area contributed by atoms with E-state index in [2.05, 4.69) is 10.8 Å². The van der Waals surface area contributed by atoms with Crippen LogP contribution in [0.1, 0.15) is 27.2 Å². The van der Waals surface area contributed by atoms with E-state index in [0.29, 0.717) is 6.42 Å². The lowest BCUT2D eigenvalue weighted by Gasteiger charge is -2.21. The summed E-state index contributed by atoms with van der Waals surface area (Å²) in [4.78, 5) is 0. The fourth-order valence-corrected chi connectivity index (χ4v) is 1.42. The van der Waals surface area contributed by atoms with E-state index in [1.165, 1.54) is 6.08 Å². The summed E-state index contributed by atoms with van der Waals surface area (Å²) in [6, 6.07) is 0. The lowest BCUT2D eigenvalue weighted by molar-refractivity contribution is 0.334. The van der Waals surface area contributed by atoms with Crippen molar-refractivity contribution in [2.24, 2.45) is 0 Å². The molecule has 0 fully saturated rings. The van der Waals surface area contributed by atoms with Gasteiger partial charge in [0.1, 0.15) is 0 Å². The molecule has 0 saturated heterocycles. The molecule has 0 aliphatic heterocycles. The summed E-state index contributed by atoms with van der Waals surface area (Å²) in [7, 11) is -3.44. The largest absolute Gasteiger partial charge is 0.272 e. The fourth-order valence-electron chi connectivity index (χ4n) is 0.474. The third-order valence-corrected chi connectivity index (χ3v) is 3.96. The molecule has 3 nitrogen and oxygen atoms in total. The summed E-state index contributed by atoms with van der Waals surface area (Å²) in [6.07, 6.45) is 1.95. The minimum absolute atomic E-state index is 0.0474. The van der Waals surface area contributed by atoms with Gasteiger partial charge in [0, 0.05) is 0 Å². The van der Waals surface area contributed by atoms with E-state index in [1.54, 1.807) is 13.8 Å². The average molecular weight is 192 g/mol. The number of rotatable bonds is 5. The van der Waals surface area contributed by atoms with Gasteiger partial charge in [-0.05, 0) is 20.3 Å². The smallest absolute Gasteiger partial charge is 0.266 e. The molecule has 0 aliphatic carbocycles. The Morgan fingerprint density at radius 3 is 2.33 bits per heavy atom. The molecule has 0 aromatic heterocycles. The van der Waals surface area contributed by atoms with E-state index in [-0.39, 0.29) is 6.61 Å². The topological polar surface area (TPSA) is 43.4 Å². The van der Waals surface area contributed by atoms with Crippen molar-refractivity contribution in [2.75, 3.05) is 6.61 Å². The first-order valence-corrected chi connectivity index (χ1v) is 5.28. The first-order chi connectivity index (χ1) is 5.37. The molecule has 0 radical (unpaired) electrons. The summed E-state index contributed by atoms with van der Waals surface area (Å²) in [5.74, 6) is 0. The van der Waals surface area contributed by atoms with Crippen LogP contribution in [0.3, 0.4) is 0 Å². The van der Waals surface area contributed by atoms with Crippen molar-refractivity contribution in [3.8, 4) is 0 Å². The molecule has 4 heteroatoms. The second-order valence-corrected chi connectivity index (χ2v) is 5.39. The molecule has 12 heavy (non-hydrogen) atoms. The van der Waals surface area contributed by atoms with Gasteiger partial charge in [-0.2, -0.15) is 8.42 Å². The second-order valence-electron chi connectivity index (χ2n) is 3.14. The maximum atomic E-state index is 11.4. The zero-order chi connectivity index (χ0) is 9.83. The number of hydrogen-bond donors (Lipinski definition) is 0. The zero-order valence-electron chi connectivity index (χ0n) is 7.83. The van der Waals surface area contributed by atoms with Gasteiger partial charge >= 0.3 is 0 Å². The highest BCUT2D eigenvalue weighted by atomic mass is 32.2.